The fourth-order valence-electron chi connectivity index (χ4n) is 6.98. The van der Waals surface area contributed by atoms with E-state index in [1.54, 1.807) is 12.3 Å². The van der Waals surface area contributed by atoms with Crippen molar-refractivity contribution in [3.8, 4) is 34.4 Å². The van der Waals surface area contributed by atoms with Crippen LogP contribution >= 0.6 is 11.6 Å². The molecule has 0 spiro atoms. The zero-order valence-electron chi connectivity index (χ0n) is 31.5. The summed E-state index contributed by atoms with van der Waals surface area (Å²) in [6.07, 6.45) is 6.89. The molecular formula is C43H49ClN6O3. The molecule has 9 nitrogen and oxygen atoms in total. The fourth-order valence-corrected chi connectivity index (χ4v) is 7.22. The van der Waals surface area contributed by atoms with Gasteiger partial charge in [0.25, 0.3) is 0 Å². The smallest absolute Gasteiger partial charge is 0.142 e. The molecule has 1 aliphatic rings. The van der Waals surface area contributed by atoms with E-state index in [9.17, 15) is 5.26 Å². The Bertz CT molecular complexity index is 2050. The summed E-state index contributed by atoms with van der Waals surface area (Å²) in [7, 11) is 2.06. The van der Waals surface area contributed by atoms with Crippen LogP contribution in [0.4, 0.5) is 0 Å². The Labute approximate surface area is 318 Å². The van der Waals surface area contributed by atoms with Crippen LogP contribution in [0.3, 0.4) is 0 Å². The van der Waals surface area contributed by atoms with Gasteiger partial charge in [0.1, 0.15) is 36.5 Å². The summed E-state index contributed by atoms with van der Waals surface area (Å²) < 4.78 is 19.1. The minimum atomic E-state index is 0.238. The summed E-state index contributed by atoms with van der Waals surface area (Å²) in [5, 5.41) is 17.3. The highest BCUT2D eigenvalue weighted by atomic mass is 35.5. The van der Waals surface area contributed by atoms with Crippen LogP contribution in [0.15, 0.2) is 67.0 Å². The third-order valence-electron chi connectivity index (χ3n) is 10.1. The number of nitrogens with one attached hydrogen (secondary N) is 1. The summed E-state index contributed by atoms with van der Waals surface area (Å²) >= 11 is 6.92. The molecule has 0 aliphatic carbocycles. The van der Waals surface area contributed by atoms with Gasteiger partial charge in [0.2, 0.25) is 0 Å². The van der Waals surface area contributed by atoms with Crippen molar-refractivity contribution in [3.63, 3.8) is 0 Å². The fraction of sp³-hybridized carbons (Fsp3) is 0.372. The molecule has 0 unspecified atom stereocenters. The van der Waals surface area contributed by atoms with E-state index in [1.807, 2.05) is 26.0 Å². The maximum Gasteiger partial charge on any atom is 0.142 e. The van der Waals surface area contributed by atoms with Gasteiger partial charge in [-0.15, -0.1) is 0 Å². The van der Waals surface area contributed by atoms with Gasteiger partial charge in [-0.1, -0.05) is 41.9 Å². The van der Waals surface area contributed by atoms with E-state index in [2.05, 4.69) is 88.3 Å². The van der Waals surface area contributed by atoms with E-state index in [4.69, 9.17) is 25.8 Å². The SMILES string of the molecule is Cc1n[nH]c(C)c1CN(C)Cc1cc(Cl)c(OCc2cccc(-c3cccc(OCCCN4CCCC4)c3C)c2C)cc1OCc1cncc(C#N)c1. The highest BCUT2D eigenvalue weighted by Crippen LogP contribution is 2.37. The second-order valence-electron chi connectivity index (χ2n) is 14.0. The molecule has 1 N–H and O–H groups in total. The molecule has 1 aliphatic heterocycles. The summed E-state index contributed by atoms with van der Waals surface area (Å²) in [6.45, 7) is 14.4. The Balaban J connectivity index is 1.18. The maximum atomic E-state index is 9.37. The van der Waals surface area contributed by atoms with Gasteiger partial charge in [-0.3, -0.25) is 15.0 Å². The Hall–Kier alpha value is -4.88. The average molecular weight is 733 g/mol. The van der Waals surface area contributed by atoms with E-state index in [-0.39, 0.29) is 6.61 Å². The van der Waals surface area contributed by atoms with Crippen LogP contribution < -0.4 is 14.2 Å². The number of nitrogens with zero attached hydrogens (tertiary/aromatic N) is 5. The number of hydrogen-bond acceptors (Lipinski definition) is 8. The number of aromatic nitrogens is 3. The minimum absolute atomic E-state index is 0.238. The number of H-pyrrole nitrogens is 1. The van der Waals surface area contributed by atoms with Crippen LogP contribution in [0.1, 0.15) is 69.6 Å². The average Bonchev–Trinajstić information content (AvgIpc) is 3.79. The molecule has 3 aromatic carbocycles. The molecule has 0 amide bonds. The maximum absolute atomic E-state index is 9.37. The lowest BCUT2D eigenvalue weighted by atomic mass is 9.93. The molecule has 2 aromatic heterocycles. The number of rotatable bonds is 16. The lowest BCUT2D eigenvalue weighted by molar-refractivity contribution is 0.262. The topological polar surface area (TPSA) is 99.5 Å². The Morgan fingerprint density at radius 3 is 2.36 bits per heavy atom. The zero-order valence-corrected chi connectivity index (χ0v) is 32.2. The number of aryl methyl sites for hydroxylation is 2. The third-order valence-corrected chi connectivity index (χ3v) is 10.4. The van der Waals surface area contributed by atoms with Crippen molar-refractivity contribution in [1.29, 1.82) is 5.26 Å². The van der Waals surface area contributed by atoms with E-state index in [0.29, 0.717) is 48.4 Å². The number of likely N-dealkylation sites (tertiary alicyclic amines) is 1. The number of pyridine rings is 1. The van der Waals surface area contributed by atoms with E-state index in [1.165, 1.54) is 37.7 Å². The Morgan fingerprint density at radius 1 is 0.849 bits per heavy atom. The van der Waals surface area contributed by atoms with Gasteiger partial charge in [-0.2, -0.15) is 10.4 Å². The molecule has 276 valence electrons. The van der Waals surface area contributed by atoms with Crippen molar-refractivity contribution in [1.82, 2.24) is 25.0 Å². The molecule has 3 heterocycles. The molecule has 10 heteroatoms. The van der Waals surface area contributed by atoms with Crippen LogP contribution in [-0.2, 0) is 26.3 Å². The van der Waals surface area contributed by atoms with Crippen LogP contribution in [0.2, 0.25) is 5.02 Å². The van der Waals surface area contributed by atoms with E-state index >= 15 is 0 Å². The lowest BCUT2D eigenvalue weighted by Crippen LogP contribution is -2.22. The molecule has 6 rings (SSSR count). The molecule has 5 aromatic rings. The quantitative estimate of drug-likeness (QED) is 0.101. The number of ether oxygens (including phenoxy) is 3. The standard InChI is InChI=1S/C43H49ClN6O3/c1-29-35(11-8-12-37(29)38-13-9-14-41(30(38)2)51-18-10-17-50-15-6-7-16-50)28-53-43-21-42(52-27-34-19-33(22-45)23-46-24-34)36(20-40(43)44)25-49(5)26-39-31(3)47-48-32(39)4/h8-9,11-14,19-21,23-24H,6-7,10,15-18,25-28H2,1-5H3,(H,47,48). The second kappa shape index (κ2) is 17.8. The van der Waals surface area contributed by atoms with Gasteiger partial charge in [-0.05, 0) is 113 Å². The minimum Gasteiger partial charge on any atom is -0.493 e. The summed E-state index contributed by atoms with van der Waals surface area (Å²) in [4.78, 5) is 8.92. The van der Waals surface area contributed by atoms with Crippen LogP contribution in [0.25, 0.3) is 11.1 Å². The van der Waals surface area contributed by atoms with E-state index in [0.717, 1.165) is 69.0 Å². The van der Waals surface area contributed by atoms with Crippen LogP contribution in [0.5, 0.6) is 17.2 Å². The van der Waals surface area contributed by atoms with Crippen molar-refractivity contribution in [2.24, 2.45) is 0 Å². The third kappa shape index (κ3) is 9.57. The van der Waals surface area contributed by atoms with Crippen molar-refractivity contribution in [2.45, 2.75) is 73.3 Å². The molecule has 0 atom stereocenters. The lowest BCUT2D eigenvalue weighted by Gasteiger charge is -2.21. The molecule has 1 saturated heterocycles. The first-order valence-corrected chi connectivity index (χ1v) is 18.7. The number of benzene rings is 3. The predicted molar refractivity (Wildman–Crippen MR) is 209 cm³/mol. The molecule has 0 bridgehead atoms. The first-order chi connectivity index (χ1) is 25.7. The van der Waals surface area contributed by atoms with Gasteiger partial charge in [0.05, 0.1) is 22.9 Å². The van der Waals surface area contributed by atoms with Gasteiger partial charge in [-0.25, -0.2) is 0 Å². The largest absolute Gasteiger partial charge is 0.493 e. The van der Waals surface area contributed by atoms with Gasteiger partial charge >= 0.3 is 0 Å². The Kier molecular flexibility index (Phi) is 12.7. The van der Waals surface area contributed by atoms with Crippen molar-refractivity contribution in [2.75, 3.05) is 33.3 Å². The first-order valence-electron chi connectivity index (χ1n) is 18.3. The molecular weight excluding hydrogens is 684 g/mol. The van der Waals surface area contributed by atoms with Crippen LogP contribution in [-0.4, -0.2) is 58.3 Å². The molecule has 0 radical (unpaired) electrons. The summed E-state index contributed by atoms with van der Waals surface area (Å²) in [5.41, 5.74) is 11.0. The Morgan fingerprint density at radius 2 is 1.60 bits per heavy atom. The first kappa shape index (κ1) is 37.9. The highest BCUT2D eigenvalue weighted by Gasteiger charge is 2.18. The summed E-state index contributed by atoms with van der Waals surface area (Å²) in [6, 6.07) is 20.3. The number of nitriles is 1. The monoisotopic (exact) mass is 732 g/mol. The van der Waals surface area contributed by atoms with Crippen molar-refractivity contribution in [3.05, 3.63) is 122 Å². The number of hydrogen-bond donors (Lipinski definition) is 1. The van der Waals surface area contributed by atoms with E-state index < -0.39 is 0 Å². The van der Waals surface area contributed by atoms with Crippen LogP contribution in [0, 0.1) is 39.0 Å². The molecule has 1 fully saturated rings. The predicted octanol–water partition coefficient (Wildman–Crippen LogP) is 8.89. The normalized spacial score (nSPS) is 13.0. The number of halogens is 1. The molecule has 53 heavy (non-hydrogen) atoms. The van der Waals surface area contributed by atoms with Gasteiger partial charge in [0.15, 0.2) is 0 Å². The van der Waals surface area contributed by atoms with Crippen molar-refractivity contribution < 1.29 is 14.2 Å². The van der Waals surface area contributed by atoms with Crippen molar-refractivity contribution >= 4 is 11.6 Å². The van der Waals surface area contributed by atoms with Gasteiger partial charge in [0, 0.05) is 60.5 Å². The molecule has 0 saturated carbocycles. The highest BCUT2D eigenvalue weighted by molar-refractivity contribution is 6.32. The summed E-state index contributed by atoms with van der Waals surface area (Å²) in [5.74, 6) is 2.11. The zero-order chi connectivity index (χ0) is 37.3. The number of aromatic amines is 1. The second-order valence-corrected chi connectivity index (χ2v) is 14.4. The van der Waals surface area contributed by atoms with Gasteiger partial charge < -0.3 is 19.1 Å².